The van der Waals surface area contributed by atoms with Crippen LogP contribution in [0.5, 0.6) is 0 Å². The number of oxazole rings is 1. The number of aromatic nitrogens is 1. The topological polar surface area (TPSA) is 52.0 Å². The third-order valence-electron chi connectivity index (χ3n) is 2.71. The predicted octanol–water partition coefficient (Wildman–Crippen LogP) is 3.76. The number of hydrogen-bond acceptors (Lipinski definition) is 4. The van der Waals surface area contributed by atoms with Gasteiger partial charge in [-0.05, 0) is 42.5 Å². The molecule has 1 aromatic carbocycles. The van der Waals surface area contributed by atoms with Gasteiger partial charge in [0.2, 0.25) is 5.89 Å². The van der Waals surface area contributed by atoms with Crippen molar-refractivity contribution in [3.05, 3.63) is 34.7 Å². The summed E-state index contributed by atoms with van der Waals surface area (Å²) < 4.78 is 5.80. The number of nitrogens with zero attached hydrogens (tertiary/aromatic N) is 1. The van der Waals surface area contributed by atoms with Crippen molar-refractivity contribution >= 4 is 28.1 Å². The lowest BCUT2D eigenvalue weighted by Crippen LogP contribution is -1.83. The van der Waals surface area contributed by atoms with Gasteiger partial charge in [-0.15, -0.1) is 11.3 Å². The van der Waals surface area contributed by atoms with Crippen LogP contribution in [0.1, 0.15) is 11.1 Å². The van der Waals surface area contributed by atoms with Gasteiger partial charge in [-0.3, -0.25) is 0 Å². The fraction of sp³-hybridized carbons (Fsp3) is 0.154. The Hall–Kier alpha value is -1.81. The summed E-state index contributed by atoms with van der Waals surface area (Å²) in [6, 6.07) is 5.99. The molecule has 4 heteroatoms. The maximum atomic E-state index is 5.87. The van der Waals surface area contributed by atoms with Gasteiger partial charge in [0.1, 0.15) is 10.4 Å². The lowest BCUT2D eigenvalue weighted by Gasteiger charge is -1.95. The smallest absolute Gasteiger partial charge is 0.239 e. The molecule has 3 aromatic rings. The van der Waals surface area contributed by atoms with Crippen LogP contribution in [0.2, 0.25) is 0 Å². The average molecular weight is 244 g/mol. The molecule has 0 bridgehead atoms. The Kier molecular flexibility index (Phi) is 2.19. The van der Waals surface area contributed by atoms with E-state index in [9.17, 15) is 0 Å². The Morgan fingerprint density at radius 2 is 2.12 bits per heavy atom. The standard InChI is InChI=1S/C13H12N2OS/c1-7-5-8(2)11-10(6-7)15-13(16-11)12-9(14)3-4-17-12/h3-6H,14H2,1-2H3. The highest BCUT2D eigenvalue weighted by molar-refractivity contribution is 7.14. The van der Waals surface area contributed by atoms with Crippen molar-refractivity contribution in [3.63, 3.8) is 0 Å². The number of benzene rings is 1. The van der Waals surface area contributed by atoms with E-state index in [1.54, 1.807) is 11.3 Å². The van der Waals surface area contributed by atoms with E-state index in [4.69, 9.17) is 10.2 Å². The first-order valence-electron chi connectivity index (χ1n) is 5.36. The van der Waals surface area contributed by atoms with E-state index in [-0.39, 0.29) is 0 Å². The number of thiophene rings is 1. The molecule has 2 aromatic heterocycles. The Bertz CT molecular complexity index is 697. The van der Waals surface area contributed by atoms with E-state index in [0.717, 1.165) is 27.2 Å². The molecule has 2 N–H and O–H groups in total. The van der Waals surface area contributed by atoms with Crippen LogP contribution in [0.4, 0.5) is 5.69 Å². The highest BCUT2D eigenvalue weighted by Gasteiger charge is 2.13. The van der Waals surface area contributed by atoms with Crippen LogP contribution in [-0.2, 0) is 0 Å². The molecule has 0 saturated heterocycles. The van der Waals surface area contributed by atoms with Crippen molar-refractivity contribution in [2.24, 2.45) is 0 Å². The van der Waals surface area contributed by atoms with Crippen molar-refractivity contribution in [1.82, 2.24) is 4.98 Å². The molecule has 2 heterocycles. The van der Waals surface area contributed by atoms with Crippen molar-refractivity contribution in [2.45, 2.75) is 13.8 Å². The molecule has 0 spiro atoms. The molecule has 86 valence electrons. The number of anilines is 1. The van der Waals surface area contributed by atoms with Crippen LogP contribution in [0.15, 0.2) is 28.0 Å². The number of aryl methyl sites for hydroxylation is 2. The van der Waals surface area contributed by atoms with E-state index in [2.05, 4.69) is 18.0 Å². The second kappa shape index (κ2) is 3.60. The number of hydrogen-bond donors (Lipinski definition) is 1. The van der Waals surface area contributed by atoms with Gasteiger partial charge in [-0.2, -0.15) is 0 Å². The Morgan fingerprint density at radius 3 is 2.82 bits per heavy atom. The minimum atomic E-state index is 0.612. The van der Waals surface area contributed by atoms with E-state index < -0.39 is 0 Å². The number of nitrogens with two attached hydrogens (primary N) is 1. The summed E-state index contributed by atoms with van der Waals surface area (Å²) in [5.41, 5.74) is 10.6. The summed E-state index contributed by atoms with van der Waals surface area (Å²) in [5.74, 6) is 0.612. The molecule has 0 unspecified atom stereocenters. The van der Waals surface area contributed by atoms with Gasteiger partial charge in [0.25, 0.3) is 0 Å². The summed E-state index contributed by atoms with van der Waals surface area (Å²) in [6.07, 6.45) is 0. The van der Waals surface area contributed by atoms with Crippen LogP contribution in [0.3, 0.4) is 0 Å². The maximum absolute atomic E-state index is 5.87. The summed E-state index contributed by atoms with van der Waals surface area (Å²) in [7, 11) is 0. The van der Waals surface area contributed by atoms with E-state index in [0.29, 0.717) is 5.89 Å². The molecule has 0 saturated carbocycles. The lowest BCUT2D eigenvalue weighted by molar-refractivity contribution is 0.619. The van der Waals surface area contributed by atoms with Gasteiger partial charge in [0.05, 0.1) is 5.69 Å². The van der Waals surface area contributed by atoms with Crippen molar-refractivity contribution in [3.8, 4) is 10.8 Å². The largest absolute Gasteiger partial charge is 0.435 e. The molecule has 0 fully saturated rings. The molecule has 3 nitrogen and oxygen atoms in total. The van der Waals surface area contributed by atoms with Crippen LogP contribution in [0, 0.1) is 13.8 Å². The number of fused-ring (bicyclic) bond motifs is 1. The first-order chi connectivity index (χ1) is 8.15. The predicted molar refractivity (Wildman–Crippen MR) is 71.2 cm³/mol. The van der Waals surface area contributed by atoms with Crippen LogP contribution in [-0.4, -0.2) is 4.98 Å². The molecule has 3 rings (SSSR count). The second-order valence-corrected chi connectivity index (χ2v) is 5.07. The summed E-state index contributed by atoms with van der Waals surface area (Å²) in [4.78, 5) is 5.40. The zero-order chi connectivity index (χ0) is 12.0. The van der Waals surface area contributed by atoms with Crippen LogP contribution < -0.4 is 5.73 Å². The Labute approximate surface area is 103 Å². The zero-order valence-electron chi connectivity index (χ0n) is 9.65. The SMILES string of the molecule is Cc1cc(C)c2oc(-c3sccc3N)nc2c1. The summed E-state index contributed by atoms with van der Waals surface area (Å²) in [6.45, 7) is 4.09. The molecule has 0 aliphatic carbocycles. The average Bonchev–Trinajstić information content (AvgIpc) is 2.83. The molecule has 0 aliphatic rings. The quantitative estimate of drug-likeness (QED) is 0.709. The zero-order valence-corrected chi connectivity index (χ0v) is 10.5. The molecule has 0 aliphatic heterocycles. The fourth-order valence-corrected chi connectivity index (χ4v) is 2.71. The van der Waals surface area contributed by atoms with Gasteiger partial charge in [-0.1, -0.05) is 6.07 Å². The molecule has 17 heavy (non-hydrogen) atoms. The molecular weight excluding hydrogens is 232 g/mol. The van der Waals surface area contributed by atoms with Gasteiger partial charge < -0.3 is 10.2 Å². The van der Waals surface area contributed by atoms with Gasteiger partial charge >= 0.3 is 0 Å². The Balaban J connectivity index is 2.27. The highest BCUT2D eigenvalue weighted by atomic mass is 32.1. The van der Waals surface area contributed by atoms with Crippen molar-refractivity contribution in [2.75, 3.05) is 5.73 Å². The first-order valence-corrected chi connectivity index (χ1v) is 6.24. The van der Waals surface area contributed by atoms with Gasteiger partial charge in [-0.25, -0.2) is 4.98 Å². The van der Waals surface area contributed by atoms with Gasteiger partial charge in [0.15, 0.2) is 5.58 Å². The summed E-state index contributed by atoms with van der Waals surface area (Å²) in [5, 5.41) is 1.94. The third-order valence-corrected chi connectivity index (χ3v) is 3.63. The first kappa shape index (κ1) is 10.4. The number of nitrogen functional groups attached to an aromatic ring is 1. The molecule has 0 radical (unpaired) electrons. The molecule has 0 atom stereocenters. The minimum absolute atomic E-state index is 0.612. The third kappa shape index (κ3) is 1.61. The van der Waals surface area contributed by atoms with E-state index in [1.807, 2.05) is 24.4 Å². The summed E-state index contributed by atoms with van der Waals surface area (Å²) >= 11 is 1.55. The van der Waals surface area contributed by atoms with Crippen molar-refractivity contribution < 1.29 is 4.42 Å². The highest BCUT2D eigenvalue weighted by Crippen LogP contribution is 2.34. The Morgan fingerprint density at radius 1 is 1.29 bits per heavy atom. The van der Waals surface area contributed by atoms with E-state index in [1.165, 1.54) is 5.56 Å². The van der Waals surface area contributed by atoms with Crippen LogP contribution >= 0.6 is 11.3 Å². The monoisotopic (exact) mass is 244 g/mol. The molecule has 0 amide bonds. The van der Waals surface area contributed by atoms with Crippen molar-refractivity contribution in [1.29, 1.82) is 0 Å². The fourth-order valence-electron chi connectivity index (χ4n) is 1.97. The van der Waals surface area contributed by atoms with Gasteiger partial charge in [0, 0.05) is 0 Å². The maximum Gasteiger partial charge on any atom is 0.239 e. The van der Waals surface area contributed by atoms with E-state index >= 15 is 0 Å². The second-order valence-electron chi connectivity index (χ2n) is 4.15. The van der Waals surface area contributed by atoms with Crippen LogP contribution in [0.25, 0.3) is 21.9 Å². The number of rotatable bonds is 1. The molecular formula is C13H12N2OS. The minimum Gasteiger partial charge on any atom is -0.435 e. The lowest BCUT2D eigenvalue weighted by atomic mass is 10.1. The normalized spacial score (nSPS) is 11.2.